The van der Waals surface area contributed by atoms with Crippen molar-refractivity contribution in [3.05, 3.63) is 94.0 Å². The van der Waals surface area contributed by atoms with Gasteiger partial charge in [-0.25, -0.2) is 8.42 Å². The molecule has 1 saturated carbocycles. The summed E-state index contributed by atoms with van der Waals surface area (Å²) in [6.07, 6.45) is 4.12. The van der Waals surface area contributed by atoms with Crippen LogP contribution in [0.1, 0.15) is 50.2 Å². The van der Waals surface area contributed by atoms with Crippen LogP contribution in [0, 0.1) is 17.0 Å². The Kier molecular flexibility index (Phi) is 10.6. The summed E-state index contributed by atoms with van der Waals surface area (Å²) in [4.78, 5) is 39.8. The fourth-order valence-corrected chi connectivity index (χ4v) is 6.85. The van der Waals surface area contributed by atoms with E-state index < -0.39 is 33.4 Å². The highest BCUT2D eigenvalue weighted by atomic mass is 32.2. The van der Waals surface area contributed by atoms with Crippen LogP contribution in [-0.4, -0.2) is 55.8 Å². The Bertz CT molecular complexity index is 1570. The summed E-state index contributed by atoms with van der Waals surface area (Å²) in [5, 5.41) is 14.7. The maximum Gasteiger partial charge on any atom is 0.273 e. The minimum absolute atomic E-state index is 0.0405. The fourth-order valence-electron chi connectivity index (χ4n) is 5.42. The SMILES string of the molecule is CC[C@H](C(=O)NC1CCCC1)N(Cc1ccccc1)C(=O)CN(c1ccc(OC)cc1)S(=O)(=O)c1ccc(C)c([N+](=O)[O-])c1. The quantitative estimate of drug-likeness (QED) is 0.210. The number of hydrogen-bond donors (Lipinski definition) is 1. The number of methoxy groups -OCH3 is 1. The van der Waals surface area contributed by atoms with E-state index in [0.29, 0.717) is 17.7 Å². The van der Waals surface area contributed by atoms with Gasteiger partial charge < -0.3 is 15.0 Å². The number of amides is 2. The van der Waals surface area contributed by atoms with Crippen molar-refractivity contribution < 1.29 is 27.7 Å². The lowest BCUT2D eigenvalue weighted by Crippen LogP contribution is -2.53. The highest BCUT2D eigenvalue weighted by molar-refractivity contribution is 7.92. The largest absolute Gasteiger partial charge is 0.497 e. The van der Waals surface area contributed by atoms with Crippen molar-refractivity contribution in [1.29, 1.82) is 0 Å². The molecule has 0 saturated heterocycles. The standard InChI is InChI=1S/C32H38N4O7S/c1-4-29(32(38)33-25-12-8-9-13-25)34(21-24-10-6-5-7-11-24)31(37)22-35(26-15-17-27(43-3)18-16-26)44(41,42)28-19-14-23(2)30(20-28)36(39)40/h5-7,10-11,14-20,25,29H,4,8-9,12-13,21-22H2,1-3H3,(H,33,38)/t29-/m1/s1. The summed E-state index contributed by atoms with van der Waals surface area (Å²) in [6, 6.07) is 18.1. The topological polar surface area (TPSA) is 139 Å². The molecule has 11 nitrogen and oxygen atoms in total. The molecule has 44 heavy (non-hydrogen) atoms. The molecule has 1 fully saturated rings. The van der Waals surface area contributed by atoms with Gasteiger partial charge >= 0.3 is 0 Å². The summed E-state index contributed by atoms with van der Waals surface area (Å²) in [5.41, 5.74) is 0.882. The molecule has 0 bridgehead atoms. The van der Waals surface area contributed by atoms with Crippen LogP contribution >= 0.6 is 0 Å². The van der Waals surface area contributed by atoms with Crippen LogP contribution in [0.5, 0.6) is 5.75 Å². The number of aryl methyl sites for hydroxylation is 1. The molecule has 0 aliphatic heterocycles. The Balaban J connectivity index is 1.74. The lowest BCUT2D eigenvalue weighted by atomic mass is 10.1. The number of hydrogen-bond acceptors (Lipinski definition) is 7. The van der Waals surface area contributed by atoms with Crippen molar-refractivity contribution in [2.24, 2.45) is 0 Å². The Hall–Kier alpha value is -4.45. The normalized spacial score (nSPS) is 14.1. The zero-order valence-corrected chi connectivity index (χ0v) is 26.0. The fraction of sp³-hybridized carbons (Fsp3) is 0.375. The van der Waals surface area contributed by atoms with Crippen LogP contribution in [0.4, 0.5) is 11.4 Å². The second-order valence-electron chi connectivity index (χ2n) is 10.8. The Morgan fingerprint density at radius 3 is 2.30 bits per heavy atom. The molecule has 1 aliphatic rings. The predicted octanol–water partition coefficient (Wildman–Crippen LogP) is 4.97. The van der Waals surface area contributed by atoms with E-state index in [9.17, 15) is 28.1 Å². The summed E-state index contributed by atoms with van der Waals surface area (Å²) >= 11 is 0. The number of rotatable bonds is 13. The van der Waals surface area contributed by atoms with Gasteiger partial charge in [0.1, 0.15) is 18.3 Å². The number of anilines is 1. The zero-order valence-electron chi connectivity index (χ0n) is 25.1. The lowest BCUT2D eigenvalue weighted by Gasteiger charge is -2.33. The van der Waals surface area contributed by atoms with Gasteiger partial charge in [0.05, 0.1) is 22.6 Å². The van der Waals surface area contributed by atoms with E-state index in [4.69, 9.17) is 4.74 Å². The zero-order chi connectivity index (χ0) is 31.9. The first-order valence-corrected chi connectivity index (χ1v) is 16.0. The molecule has 4 rings (SSSR count). The molecular formula is C32H38N4O7S. The van der Waals surface area contributed by atoms with Crippen LogP contribution < -0.4 is 14.4 Å². The molecule has 3 aromatic carbocycles. The highest BCUT2D eigenvalue weighted by Gasteiger charge is 2.35. The molecule has 0 aromatic heterocycles. The van der Waals surface area contributed by atoms with E-state index >= 15 is 0 Å². The van der Waals surface area contributed by atoms with Crippen LogP contribution in [-0.2, 0) is 26.2 Å². The summed E-state index contributed by atoms with van der Waals surface area (Å²) in [7, 11) is -3.01. The molecule has 234 valence electrons. The first-order chi connectivity index (χ1) is 21.0. The number of carbonyl (C=O) groups is 2. The number of ether oxygens (including phenoxy) is 1. The Labute approximate surface area is 258 Å². The Morgan fingerprint density at radius 2 is 1.70 bits per heavy atom. The van der Waals surface area contributed by atoms with Gasteiger partial charge in [-0.2, -0.15) is 0 Å². The van der Waals surface area contributed by atoms with Crippen molar-refractivity contribution in [2.45, 2.75) is 69.5 Å². The number of nitro groups is 1. The third-order valence-electron chi connectivity index (χ3n) is 7.89. The van der Waals surface area contributed by atoms with Crippen molar-refractivity contribution in [2.75, 3.05) is 18.0 Å². The molecule has 2 amide bonds. The third kappa shape index (κ3) is 7.54. The molecule has 12 heteroatoms. The maximum atomic E-state index is 14.2. The van der Waals surface area contributed by atoms with Gasteiger partial charge in [-0.3, -0.25) is 24.0 Å². The van der Waals surface area contributed by atoms with Crippen LogP contribution in [0.2, 0.25) is 0 Å². The number of nitrogens with one attached hydrogen (secondary N) is 1. The summed E-state index contributed by atoms with van der Waals surface area (Å²) in [5.74, 6) is -0.399. The van der Waals surface area contributed by atoms with E-state index in [0.717, 1.165) is 41.6 Å². The van der Waals surface area contributed by atoms with Gasteiger partial charge in [0.15, 0.2) is 0 Å². The van der Waals surface area contributed by atoms with Crippen molar-refractivity contribution in [3.63, 3.8) is 0 Å². The molecule has 0 heterocycles. The number of benzene rings is 3. The molecule has 0 spiro atoms. The smallest absolute Gasteiger partial charge is 0.273 e. The maximum absolute atomic E-state index is 14.2. The first kappa shape index (κ1) is 32.5. The molecule has 0 radical (unpaired) electrons. The lowest BCUT2D eigenvalue weighted by molar-refractivity contribution is -0.385. The third-order valence-corrected chi connectivity index (χ3v) is 9.66. The number of sulfonamides is 1. The van der Waals surface area contributed by atoms with E-state index in [1.54, 1.807) is 12.1 Å². The second-order valence-corrected chi connectivity index (χ2v) is 12.7. The van der Waals surface area contributed by atoms with Gasteiger partial charge in [0.2, 0.25) is 11.8 Å². The van der Waals surface area contributed by atoms with Crippen LogP contribution in [0.15, 0.2) is 77.7 Å². The summed E-state index contributed by atoms with van der Waals surface area (Å²) < 4.78 is 34.4. The molecule has 0 unspecified atom stereocenters. The van der Waals surface area contributed by atoms with Gasteiger partial charge in [-0.05, 0) is 62.1 Å². The first-order valence-electron chi connectivity index (χ1n) is 14.6. The number of nitrogens with zero attached hydrogens (tertiary/aromatic N) is 3. The average molecular weight is 623 g/mol. The molecule has 1 aliphatic carbocycles. The van der Waals surface area contributed by atoms with E-state index in [1.807, 2.05) is 37.3 Å². The molecular weight excluding hydrogens is 584 g/mol. The predicted molar refractivity (Wildman–Crippen MR) is 167 cm³/mol. The minimum atomic E-state index is -4.48. The van der Waals surface area contributed by atoms with Crippen molar-refractivity contribution in [1.82, 2.24) is 10.2 Å². The molecule has 1 atom stereocenters. The van der Waals surface area contributed by atoms with Gasteiger partial charge in [0.25, 0.3) is 15.7 Å². The van der Waals surface area contributed by atoms with E-state index in [1.165, 1.54) is 43.2 Å². The van der Waals surface area contributed by atoms with Crippen LogP contribution in [0.3, 0.4) is 0 Å². The molecule has 3 aromatic rings. The van der Waals surface area contributed by atoms with E-state index in [-0.39, 0.29) is 34.8 Å². The van der Waals surface area contributed by atoms with Gasteiger partial charge in [-0.15, -0.1) is 0 Å². The van der Waals surface area contributed by atoms with E-state index in [2.05, 4.69) is 5.32 Å². The van der Waals surface area contributed by atoms with Gasteiger partial charge in [-0.1, -0.05) is 56.2 Å². The van der Waals surface area contributed by atoms with Crippen molar-refractivity contribution in [3.8, 4) is 5.75 Å². The highest BCUT2D eigenvalue weighted by Crippen LogP contribution is 2.30. The number of nitro benzene ring substituents is 1. The summed E-state index contributed by atoms with van der Waals surface area (Å²) in [6.45, 7) is 2.77. The number of carbonyl (C=O) groups excluding carboxylic acids is 2. The van der Waals surface area contributed by atoms with Crippen molar-refractivity contribution >= 4 is 33.2 Å². The van der Waals surface area contributed by atoms with Gasteiger partial charge in [0, 0.05) is 24.2 Å². The van der Waals surface area contributed by atoms with Crippen LogP contribution in [0.25, 0.3) is 0 Å². The minimum Gasteiger partial charge on any atom is -0.497 e. The second kappa shape index (κ2) is 14.3. The average Bonchev–Trinajstić information content (AvgIpc) is 3.53. The molecule has 1 N–H and O–H groups in total. The Morgan fingerprint density at radius 1 is 1.05 bits per heavy atom. The monoisotopic (exact) mass is 622 g/mol.